The number of carbonyl (C=O) groups is 2. The van der Waals surface area contributed by atoms with E-state index in [0.717, 1.165) is 12.1 Å². The van der Waals surface area contributed by atoms with Crippen molar-refractivity contribution in [3.63, 3.8) is 0 Å². The molecule has 0 spiro atoms. The van der Waals surface area contributed by atoms with Gasteiger partial charge in [0.05, 0.1) is 0 Å². The minimum Gasteiger partial charge on any atom is -0.484 e. The minimum atomic E-state index is -0.269. The topological polar surface area (TPSA) is 70.7 Å². The molecule has 2 aromatic rings. The number of fused-ring (bicyclic) bond motifs is 1. The van der Waals surface area contributed by atoms with Gasteiger partial charge in [0, 0.05) is 28.9 Å². The first-order chi connectivity index (χ1) is 16.0. The number of ether oxygens (including phenoxy) is 1. The maximum Gasteiger partial charge on any atom is 0.262 e. The van der Waals surface area contributed by atoms with E-state index in [1.807, 2.05) is 6.92 Å². The van der Waals surface area contributed by atoms with Gasteiger partial charge in [0.25, 0.3) is 11.8 Å². The molecule has 2 aliphatic heterocycles. The molecule has 4 rings (SSSR count). The molecule has 2 N–H and O–H groups in total. The number of carbonyl (C=O) groups excluding carboxylic acids is 2. The molecule has 2 aliphatic rings. The quantitative estimate of drug-likeness (QED) is 0.618. The maximum atomic E-state index is 12.7. The summed E-state index contributed by atoms with van der Waals surface area (Å²) in [6.45, 7) is 4.90. The summed E-state index contributed by atoms with van der Waals surface area (Å²) in [5.74, 6) is 0.788. The number of amides is 2. The van der Waals surface area contributed by atoms with Gasteiger partial charge in [-0.05, 0) is 99.6 Å². The summed E-state index contributed by atoms with van der Waals surface area (Å²) in [6, 6.07) is 12.8. The molecule has 2 amide bonds. The fraction of sp³-hybridized carbons (Fsp3) is 0.462. The summed E-state index contributed by atoms with van der Waals surface area (Å²) in [6.07, 6.45) is 6.24. The number of aryl methyl sites for hydroxylation is 1. The van der Waals surface area contributed by atoms with E-state index in [1.54, 1.807) is 42.5 Å². The van der Waals surface area contributed by atoms with Crippen LogP contribution >= 0.6 is 11.6 Å². The molecule has 0 aliphatic carbocycles. The Kier molecular flexibility index (Phi) is 7.89. The second-order valence-electron chi connectivity index (χ2n) is 9.04. The SMILES string of the molecule is Cc1cc(OCC(=O)Nc2ccc(C(=O)NC[C@@H]3CCCN4CCCC[C@H]34)cc2)ccc1Cl. The van der Waals surface area contributed by atoms with Crippen molar-refractivity contribution in [1.82, 2.24) is 10.2 Å². The zero-order chi connectivity index (χ0) is 23.2. The average Bonchev–Trinajstić information content (AvgIpc) is 2.83. The van der Waals surface area contributed by atoms with E-state index in [2.05, 4.69) is 15.5 Å². The van der Waals surface area contributed by atoms with Crippen LogP contribution in [-0.4, -0.2) is 49.0 Å². The fourth-order valence-electron chi connectivity index (χ4n) is 4.90. The molecule has 0 bridgehead atoms. The summed E-state index contributed by atoms with van der Waals surface area (Å²) in [7, 11) is 0. The molecule has 0 saturated carbocycles. The van der Waals surface area contributed by atoms with E-state index >= 15 is 0 Å². The molecule has 7 heteroatoms. The Bertz CT molecular complexity index is 977. The number of benzene rings is 2. The van der Waals surface area contributed by atoms with Crippen molar-refractivity contribution in [2.24, 2.45) is 5.92 Å². The number of halogens is 1. The predicted molar refractivity (Wildman–Crippen MR) is 131 cm³/mol. The van der Waals surface area contributed by atoms with E-state index in [9.17, 15) is 9.59 Å². The molecule has 176 valence electrons. The fourth-order valence-corrected chi connectivity index (χ4v) is 5.02. The number of anilines is 1. The molecule has 2 fully saturated rings. The smallest absolute Gasteiger partial charge is 0.262 e. The van der Waals surface area contributed by atoms with Gasteiger partial charge in [-0.25, -0.2) is 0 Å². The number of hydrogen-bond acceptors (Lipinski definition) is 4. The Morgan fingerprint density at radius 1 is 1.06 bits per heavy atom. The average molecular weight is 470 g/mol. The summed E-state index contributed by atoms with van der Waals surface area (Å²) in [4.78, 5) is 27.5. The Hall–Kier alpha value is -2.57. The first-order valence-corrected chi connectivity index (χ1v) is 12.2. The number of nitrogens with one attached hydrogen (secondary N) is 2. The van der Waals surface area contributed by atoms with Gasteiger partial charge in [-0.2, -0.15) is 0 Å². The summed E-state index contributed by atoms with van der Waals surface area (Å²) in [5, 5.41) is 6.58. The van der Waals surface area contributed by atoms with Gasteiger partial charge < -0.3 is 20.3 Å². The number of nitrogens with zero attached hydrogens (tertiary/aromatic N) is 1. The molecule has 2 heterocycles. The van der Waals surface area contributed by atoms with Crippen LogP contribution in [0.4, 0.5) is 5.69 Å². The molecule has 0 unspecified atom stereocenters. The first kappa shape index (κ1) is 23.6. The Balaban J connectivity index is 1.23. The lowest BCUT2D eigenvalue weighted by molar-refractivity contribution is -0.118. The van der Waals surface area contributed by atoms with Gasteiger partial charge in [-0.3, -0.25) is 9.59 Å². The molecule has 2 saturated heterocycles. The van der Waals surface area contributed by atoms with Crippen molar-refractivity contribution < 1.29 is 14.3 Å². The highest BCUT2D eigenvalue weighted by Crippen LogP contribution is 2.30. The van der Waals surface area contributed by atoms with Gasteiger partial charge in [-0.1, -0.05) is 18.0 Å². The molecule has 2 aromatic carbocycles. The Morgan fingerprint density at radius 3 is 2.64 bits per heavy atom. The Labute approximate surface area is 200 Å². The molecule has 33 heavy (non-hydrogen) atoms. The largest absolute Gasteiger partial charge is 0.484 e. The third kappa shape index (κ3) is 6.27. The van der Waals surface area contributed by atoms with E-state index in [4.69, 9.17) is 16.3 Å². The predicted octanol–water partition coefficient (Wildman–Crippen LogP) is 4.66. The van der Waals surface area contributed by atoms with Crippen molar-refractivity contribution >= 4 is 29.1 Å². The maximum absolute atomic E-state index is 12.7. The third-order valence-electron chi connectivity index (χ3n) is 6.68. The van der Waals surface area contributed by atoms with Gasteiger partial charge in [0.2, 0.25) is 0 Å². The lowest BCUT2D eigenvalue weighted by atomic mass is 9.83. The van der Waals surface area contributed by atoms with E-state index in [0.29, 0.717) is 34.0 Å². The lowest BCUT2D eigenvalue weighted by Crippen LogP contribution is -2.51. The van der Waals surface area contributed by atoms with Crippen LogP contribution in [-0.2, 0) is 4.79 Å². The van der Waals surface area contributed by atoms with E-state index in [1.165, 1.54) is 45.2 Å². The molecule has 2 atom stereocenters. The number of rotatable bonds is 7. The highest BCUT2D eigenvalue weighted by Gasteiger charge is 2.32. The van der Waals surface area contributed by atoms with Gasteiger partial charge in [0.15, 0.2) is 6.61 Å². The van der Waals surface area contributed by atoms with E-state index < -0.39 is 0 Å². The van der Waals surface area contributed by atoms with Crippen LogP contribution in [0.2, 0.25) is 5.02 Å². The molecule has 6 nitrogen and oxygen atoms in total. The van der Waals surface area contributed by atoms with E-state index in [-0.39, 0.29) is 18.4 Å². The summed E-state index contributed by atoms with van der Waals surface area (Å²) >= 11 is 6.01. The van der Waals surface area contributed by atoms with Crippen molar-refractivity contribution in [3.8, 4) is 5.75 Å². The van der Waals surface area contributed by atoms with Crippen molar-refractivity contribution in [3.05, 3.63) is 58.6 Å². The standard InChI is InChI=1S/C26H32ClN3O3/c1-18-15-22(11-12-23(18)27)33-17-25(31)29-21-9-7-19(8-10-21)26(32)28-16-20-5-4-14-30-13-3-2-6-24(20)30/h7-12,15,20,24H,2-6,13-14,16-17H2,1H3,(H,28,32)(H,29,31)/t20-,24+/m0/s1. The highest BCUT2D eigenvalue weighted by atomic mass is 35.5. The van der Waals surface area contributed by atoms with Gasteiger partial charge in [-0.15, -0.1) is 0 Å². The van der Waals surface area contributed by atoms with Gasteiger partial charge in [0.1, 0.15) is 5.75 Å². The zero-order valence-electron chi connectivity index (χ0n) is 19.1. The van der Waals surface area contributed by atoms with Gasteiger partial charge >= 0.3 is 0 Å². The minimum absolute atomic E-state index is 0.0674. The van der Waals surface area contributed by atoms with Crippen LogP contribution in [0.3, 0.4) is 0 Å². The molecule has 0 radical (unpaired) electrons. The molecule has 0 aromatic heterocycles. The van der Waals surface area contributed by atoms with Crippen LogP contribution in [0.1, 0.15) is 48.0 Å². The van der Waals surface area contributed by atoms with Crippen LogP contribution in [0, 0.1) is 12.8 Å². The first-order valence-electron chi connectivity index (χ1n) is 11.8. The monoisotopic (exact) mass is 469 g/mol. The Morgan fingerprint density at radius 2 is 1.85 bits per heavy atom. The van der Waals surface area contributed by atoms with Crippen molar-refractivity contribution in [2.45, 2.75) is 45.1 Å². The number of hydrogen-bond donors (Lipinski definition) is 2. The second-order valence-corrected chi connectivity index (χ2v) is 9.44. The number of piperidine rings is 2. The normalized spacial score (nSPS) is 20.5. The van der Waals surface area contributed by atoms with Crippen molar-refractivity contribution in [1.29, 1.82) is 0 Å². The molecular weight excluding hydrogens is 438 g/mol. The summed E-state index contributed by atoms with van der Waals surface area (Å²) < 4.78 is 5.53. The van der Waals surface area contributed by atoms with Crippen LogP contribution < -0.4 is 15.4 Å². The van der Waals surface area contributed by atoms with Crippen LogP contribution in [0.15, 0.2) is 42.5 Å². The summed E-state index contributed by atoms with van der Waals surface area (Å²) in [5.41, 5.74) is 2.11. The van der Waals surface area contributed by atoms with Crippen LogP contribution in [0.5, 0.6) is 5.75 Å². The molecular formula is C26H32ClN3O3. The van der Waals surface area contributed by atoms with Crippen LogP contribution in [0.25, 0.3) is 0 Å². The second kappa shape index (κ2) is 11.0. The van der Waals surface area contributed by atoms with Crippen molar-refractivity contribution in [2.75, 3.05) is 31.6 Å². The zero-order valence-corrected chi connectivity index (χ0v) is 19.9. The highest BCUT2D eigenvalue weighted by molar-refractivity contribution is 6.31. The lowest BCUT2D eigenvalue weighted by Gasteiger charge is -2.44. The third-order valence-corrected chi connectivity index (χ3v) is 7.11.